The van der Waals surface area contributed by atoms with Crippen LogP contribution in [0.3, 0.4) is 0 Å². The standard InChI is InChI=1S/C20H23ClN2O5S/c1-27-18-9-8-17(12-19(18)28-2)29(25,26)23-10-4-5-14(13-23)20(24)22-16-7-3-6-15(21)11-16/h3,6-9,11-12,14H,4-5,10,13H2,1-2H3,(H,22,24)/t14-/m1/s1. The smallest absolute Gasteiger partial charge is 0.243 e. The number of methoxy groups -OCH3 is 2. The van der Waals surface area contributed by atoms with E-state index in [0.717, 1.165) is 0 Å². The van der Waals surface area contributed by atoms with Crippen LogP contribution in [-0.2, 0) is 14.8 Å². The number of rotatable bonds is 6. The maximum absolute atomic E-state index is 13.1. The lowest BCUT2D eigenvalue weighted by Crippen LogP contribution is -2.43. The molecule has 3 rings (SSSR count). The molecule has 0 unspecified atom stereocenters. The van der Waals surface area contributed by atoms with Crippen LogP contribution in [0.25, 0.3) is 0 Å². The van der Waals surface area contributed by atoms with E-state index < -0.39 is 15.9 Å². The number of amides is 1. The van der Waals surface area contributed by atoms with Crippen molar-refractivity contribution >= 4 is 33.2 Å². The molecule has 29 heavy (non-hydrogen) atoms. The minimum atomic E-state index is -3.77. The van der Waals surface area contributed by atoms with Crippen LogP contribution in [0.4, 0.5) is 5.69 Å². The van der Waals surface area contributed by atoms with Gasteiger partial charge >= 0.3 is 0 Å². The van der Waals surface area contributed by atoms with Crippen molar-refractivity contribution < 1.29 is 22.7 Å². The minimum absolute atomic E-state index is 0.103. The molecule has 0 aromatic heterocycles. The molecule has 1 aliphatic rings. The number of hydrogen-bond donors (Lipinski definition) is 1. The summed E-state index contributed by atoms with van der Waals surface area (Å²) < 4.78 is 37.9. The Kier molecular flexibility index (Phi) is 6.66. The van der Waals surface area contributed by atoms with E-state index in [2.05, 4.69) is 5.32 Å². The number of nitrogens with one attached hydrogen (secondary N) is 1. The molecular formula is C20H23ClN2O5S. The highest BCUT2D eigenvalue weighted by molar-refractivity contribution is 7.89. The van der Waals surface area contributed by atoms with E-state index in [-0.39, 0.29) is 17.3 Å². The zero-order valence-electron chi connectivity index (χ0n) is 16.2. The number of piperidine rings is 1. The molecule has 1 fully saturated rings. The molecule has 7 nitrogen and oxygen atoms in total. The summed E-state index contributed by atoms with van der Waals surface area (Å²) in [5.74, 6) is 0.113. The van der Waals surface area contributed by atoms with Gasteiger partial charge in [-0.1, -0.05) is 17.7 Å². The molecule has 1 N–H and O–H groups in total. The monoisotopic (exact) mass is 438 g/mol. The number of anilines is 1. The first kappa shape index (κ1) is 21.4. The Bertz CT molecular complexity index is 996. The summed E-state index contributed by atoms with van der Waals surface area (Å²) in [7, 11) is -0.833. The summed E-state index contributed by atoms with van der Waals surface area (Å²) in [5.41, 5.74) is 0.586. The Labute approximate surface area is 175 Å². The van der Waals surface area contributed by atoms with E-state index in [9.17, 15) is 13.2 Å². The summed E-state index contributed by atoms with van der Waals surface area (Å²) in [5, 5.41) is 3.33. The fourth-order valence-electron chi connectivity index (χ4n) is 3.31. The molecule has 0 aliphatic carbocycles. The maximum Gasteiger partial charge on any atom is 0.243 e. The molecule has 2 aromatic carbocycles. The highest BCUT2D eigenvalue weighted by Crippen LogP contribution is 2.32. The van der Waals surface area contributed by atoms with Crippen molar-refractivity contribution in [3.05, 3.63) is 47.5 Å². The number of sulfonamides is 1. The van der Waals surface area contributed by atoms with Gasteiger partial charge in [-0.3, -0.25) is 4.79 Å². The van der Waals surface area contributed by atoms with Gasteiger partial charge < -0.3 is 14.8 Å². The molecule has 1 heterocycles. The van der Waals surface area contributed by atoms with Crippen LogP contribution in [0.2, 0.25) is 5.02 Å². The van der Waals surface area contributed by atoms with Gasteiger partial charge in [-0.15, -0.1) is 0 Å². The van der Waals surface area contributed by atoms with Gasteiger partial charge in [0.15, 0.2) is 11.5 Å². The predicted octanol–water partition coefficient (Wildman–Crippen LogP) is 3.40. The number of carbonyl (C=O) groups is 1. The lowest BCUT2D eigenvalue weighted by atomic mass is 9.99. The third kappa shape index (κ3) is 4.83. The van der Waals surface area contributed by atoms with Crippen LogP contribution in [-0.4, -0.2) is 45.9 Å². The molecule has 0 saturated carbocycles. The molecule has 156 valence electrons. The van der Waals surface area contributed by atoms with Crippen LogP contribution in [0.15, 0.2) is 47.4 Å². The predicted molar refractivity (Wildman–Crippen MR) is 111 cm³/mol. The van der Waals surface area contributed by atoms with Crippen LogP contribution in [0.5, 0.6) is 11.5 Å². The average molecular weight is 439 g/mol. The van der Waals surface area contributed by atoms with Gasteiger partial charge in [-0.05, 0) is 43.2 Å². The van der Waals surface area contributed by atoms with Crippen molar-refractivity contribution in [2.45, 2.75) is 17.7 Å². The first-order valence-electron chi connectivity index (χ1n) is 9.13. The third-order valence-corrected chi connectivity index (χ3v) is 6.94. The van der Waals surface area contributed by atoms with Crippen molar-refractivity contribution in [1.82, 2.24) is 4.31 Å². The molecular weight excluding hydrogens is 416 g/mol. The van der Waals surface area contributed by atoms with Crippen molar-refractivity contribution in [3.63, 3.8) is 0 Å². The molecule has 1 aliphatic heterocycles. The maximum atomic E-state index is 13.1. The SMILES string of the molecule is COc1ccc(S(=O)(=O)N2CCC[C@@H](C(=O)Nc3cccc(Cl)c3)C2)cc1OC. The van der Waals surface area contributed by atoms with E-state index in [1.807, 2.05) is 0 Å². The normalized spacial score (nSPS) is 17.6. The van der Waals surface area contributed by atoms with Crippen molar-refractivity contribution in [2.24, 2.45) is 5.92 Å². The second kappa shape index (κ2) is 9.02. The summed E-state index contributed by atoms with van der Waals surface area (Å²) in [6, 6.07) is 11.3. The number of carbonyl (C=O) groups excluding carboxylic acids is 1. The van der Waals surface area contributed by atoms with Crippen molar-refractivity contribution in [3.8, 4) is 11.5 Å². The molecule has 0 radical (unpaired) electrons. The summed E-state index contributed by atoms with van der Waals surface area (Å²) in [4.78, 5) is 12.8. The Morgan fingerprint density at radius 1 is 1.14 bits per heavy atom. The Morgan fingerprint density at radius 2 is 1.90 bits per heavy atom. The van der Waals surface area contributed by atoms with E-state index in [1.54, 1.807) is 30.3 Å². The van der Waals surface area contributed by atoms with E-state index >= 15 is 0 Å². The van der Waals surface area contributed by atoms with Crippen molar-refractivity contribution in [2.75, 3.05) is 32.6 Å². The first-order valence-corrected chi connectivity index (χ1v) is 11.0. The van der Waals surface area contributed by atoms with Gasteiger partial charge in [0.1, 0.15) is 0 Å². The number of halogens is 1. The lowest BCUT2D eigenvalue weighted by molar-refractivity contribution is -0.120. The Hall–Kier alpha value is -2.29. The molecule has 9 heteroatoms. The largest absolute Gasteiger partial charge is 0.493 e. The summed E-state index contributed by atoms with van der Waals surface area (Å²) in [6.45, 7) is 0.473. The van der Waals surface area contributed by atoms with Gasteiger partial charge in [0.2, 0.25) is 15.9 Å². The van der Waals surface area contributed by atoms with Crippen LogP contribution >= 0.6 is 11.6 Å². The molecule has 1 saturated heterocycles. The van der Waals surface area contributed by atoms with E-state index in [1.165, 1.54) is 30.7 Å². The van der Waals surface area contributed by atoms with E-state index in [4.69, 9.17) is 21.1 Å². The lowest BCUT2D eigenvalue weighted by Gasteiger charge is -2.31. The molecule has 2 aromatic rings. The average Bonchev–Trinajstić information content (AvgIpc) is 2.73. The fraction of sp³-hybridized carbons (Fsp3) is 0.350. The number of ether oxygens (including phenoxy) is 2. The van der Waals surface area contributed by atoms with Gasteiger partial charge in [0.25, 0.3) is 0 Å². The highest BCUT2D eigenvalue weighted by atomic mass is 35.5. The zero-order chi connectivity index (χ0) is 21.0. The summed E-state index contributed by atoms with van der Waals surface area (Å²) >= 11 is 5.95. The Morgan fingerprint density at radius 3 is 2.59 bits per heavy atom. The van der Waals surface area contributed by atoms with Crippen LogP contribution in [0.1, 0.15) is 12.8 Å². The van der Waals surface area contributed by atoms with Gasteiger partial charge in [-0.2, -0.15) is 4.31 Å². The van der Waals surface area contributed by atoms with Crippen LogP contribution in [0, 0.1) is 5.92 Å². The third-order valence-electron chi connectivity index (χ3n) is 4.84. The van der Waals surface area contributed by atoms with Gasteiger partial charge in [0.05, 0.1) is 25.0 Å². The van der Waals surface area contributed by atoms with E-state index in [0.29, 0.717) is 41.6 Å². The first-order chi connectivity index (χ1) is 13.8. The number of nitrogens with zero attached hydrogens (tertiary/aromatic N) is 1. The zero-order valence-corrected chi connectivity index (χ0v) is 17.8. The topological polar surface area (TPSA) is 84.9 Å². The Balaban J connectivity index is 1.76. The molecule has 1 atom stereocenters. The number of hydrogen-bond acceptors (Lipinski definition) is 5. The minimum Gasteiger partial charge on any atom is -0.493 e. The molecule has 1 amide bonds. The second-order valence-electron chi connectivity index (χ2n) is 6.72. The molecule has 0 spiro atoms. The van der Waals surface area contributed by atoms with Crippen molar-refractivity contribution in [1.29, 1.82) is 0 Å². The highest BCUT2D eigenvalue weighted by Gasteiger charge is 2.33. The summed E-state index contributed by atoms with van der Waals surface area (Å²) in [6.07, 6.45) is 1.21. The second-order valence-corrected chi connectivity index (χ2v) is 9.09. The molecule has 0 bridgehead atoms. The quantitative estimate of drug-likeness (QED) is 0.747. The van der Waals surface area contributed by atoms with Gasteiger partial charge in [0, 0.05) is 29.9 Å². The van der Waals surface area contributed by atoms with Crippen LogP contribution < -0.4 is 14.8 Å². The number of benzene rings is 2. The fourth-order valence-corrected chi connectivity index (χ4v) is 5.04. The van der Waals surface area contributed by atoms with Gasteiger partial charge in [-0.25, -0.2) is 8.42 Å².